The van der Waals surface area contributed by atoms with E-state index in [-0.39, 0.29) is 11.9 Å². The Labute approximate surface area is 106 Å². The van der Waals surface area contributed by atoms with E-state index in [0.717, 1.165) is 35.7 Å². The van der Waals surface area contributed by atoms with E-state index in [2.05, 4.69) is 22.2 Å². The number of H-pyrrole nitrogens is 1. The lowest BCUT2D eigenvalue weighted by molar-refractivity contribution is 0.292. The fourth-order valence-corrected chi connectivity index (χ4v) is 2.74. The summed E-state index contributed by atoms with van der Waals surface area (Å²) < 4.78 is 13.1. The van der Waals surface area contributed by atoms with Crippen molar-refractivity contribution in [1.29, 1.82) is 0 Å². The van der Waals surface area contributed by atoms with Gasteiger partial charge in [-0.1, -0.05) is 13.3 Å². The van der Waals surface area contributed by atoms with E-state index in [1.165, 1.54) is 25.0 Å². The van der Waals surface area contributed by atoms with Gasteiger partial charge in [0, 0.05) is 0 Å². The predicted octanol–water partition coefficient (Wildman–Crippen LogP) is 3.15. The topological polar surface area (TPSA) is 40.7 Å². The van der Waals surface area contributed by atoms with Gasteiger partial charge in [-0.25, -0.2) is 9.37 Å². The van der Waals surface area contributed by atoms with Gasteiger partial charge >= 0.3 is 0 Å². The van der Waals surface area contributed by atoms with E-state index in [4.69, 9.17) is 0 Å². The maximum absolute atomic E-state index is 13.1. The lowest BCUT2D eigenvalue weighted by atomic mass is 9.90. The first-order chi connectivity index (χ1) is 8.76. The highest BCUT2D eigenvalue weighted by molar-refractivity contribution is 5.75. The monoisotopic (exact) mass is 247 g/mol. The van der Waals surface area contributed by atoms with E-state index in [1.807, 2.05) is 0 Å². The molecule has 96 valence electrons. The van der Waals surface area contributed by atoms with Crippen LogP contribution in [0, 0.1) is 11.7 Å². The molecule has 1 aromatic heterocycles. The highest BCUT2D eigenvalue weighted by atomic mass is 19.1. The maximum Gasteiger partial charge on any atom is 0.125 e. The van der Waals surface area contributed by atoms with Gasteiger partial charge < -0.3 is 10.3 Å². The molecule has 1 saturated heterocycles. The van der Waals surface area contributed by atoms with Crippen molar-refractivity contribution in [3.8, 4) is 0 Å². The van der Waals surface area contributed by atoms with Crippen molar-refractivity contribution in [3.63, 3.8) is 0 Å². The summed E-state index contributed by atoms with van der Waals surface area (Å²) in [4.78, 5) is 7.80. The zero-order valence-electron chi connectivity index (χ0n) is 10.5. The Hall–Kier alpha value is -1.42. The quantitative estimate of drug-likeness (QED) is 0.855. The van der Waals surface area contributed by atoms with Crippen LogP contribution in [0.4, 0.5) is 4.39 Å². The molecule has 3 nitrogen and oxygen atoms in total. The minimum absolute atomic E-state index is 0.222. The molecule has 0 amide bonds. The zero-order valence-corrected chi connectivity index (χ0v) is 10.5. The average Bonchev–Trinajstić information content (AvgIpc) is 2.81. The maximum atomic E-state index is 13.1. The van der Waals surface area contributed by atoms with Gasteiger partial charge in [0.25, 0.3) is 0 Å². The molecule has 0 saturated carbocycles. The summed E-state index contributed by atoms with van der Waals surface area (Å²) >= 11 is 0. The van der Waals surface area contributed by atoms with Crippen LogP contribution < -0.4 is 5.32 Å². The van der Waals surface area contributed by atoms with Gasteiger partial charge in [-0.15, -0.1) is 0 Å². The van der Waals surface area contributed by atoms with Gasteiger partial charge in [-0.3, -0.25) is 0 Å². The van der Waals surface area contributed by atoms with Crippen LogP contribution in [0.3, 0.4) is 0 Å². The Balaban J connectivity index is 1.89. The van der Waals surface area contributed by atoms with E-state index < -0.39 is 0 Å². The molecule has 2 aromatic rings. The van der Waals surface area contributed by atoms with E-state index >= 15 is 0 Å². The van der Waals surface area contributed by atoms with Crippen molar-refractivity contribution in [2.75, 3.05) is 6.54 Å². The van der Waals surface area contributed by atoms with Crippen LogP contribution in [0.15, 0.2) is 18.2 Å². The minimum atomic E-state index is -0.222. The Bertz CT molecular complexity index is 549. The van der Waals surface area contributed by atoms with Crippen molar-refractivity contribution in [3.05, 3.63) is 29.8 Å². The first-order valence-electron chi connectivity index (χ1n) is 6.65. The van der Waals surface area contributed by atoms with Gasteiger partial charge in [-0.2, -0.15) is 0 Å². The number of hydrogen-bond acceptors (Lipinski definition) is 2. The number of piperidine rings is 1. The minimum Gasteiger partial charge on any atom is -0.341 e. The number of nitrogens with one attached hydrogen (secondary N) is 2. The lowest BCUT2D eigenvalue weighted by Crippen LogP contribution is -2.32. The molecule has 2 N–H and O–H groups in total. The molecular formula is C14H18FN3. The Kier molecular flexibility index (Phi) is 3.04. The van der Waals surface area contributed by atoms with Crippen LogP contribution in [-0.2, 0) is 0 Å². The number of imidazole rings is 1. The Morgan fingerprint density at radius 2 is 2.33 bits per heavy atom. The van der Waals surface area contributed by atoms with Gasteiger partial charge in [0.2, 0.25) is 0 Å². The number of rotatable bonds is 2. The van der Waals surface area contributed by atoms with Crippen LogP contribution in [0.25, 0.3) is 11.0 Å². The summed E-state index contributed by atoms with van der Waals surface area (Å²) in [6, 6.07) is 4.96. The summed E-state index contributed by atoms with van der Waals surface area (Å²) in [5.41, 5.74) is 1.62. The average molecular weight is 247 g/mol. The number of nitrogens with zero attached hydrogens (tertiary/aromatic N) is 1. The molecule has 1 aliphatic rings. The number of aromatic nitrogens is 2. The fraction of sp³-hybridized carbons (Fsp3) is 0.500. The summed E-state index contributed by atoms with van der Waals surface area (Å²) in [6.07, 6.45) is 3.56. The van der Waals surface area contributed by atoms with Crippen molar-refractivity contribution < 1.29 is 4.39 Å². The highest BCUT2D eigenvalue weighted by Crippen LogP contribution is 2.28. The Morgan fingerprint density at radius 1 is 1.44 bits per heavy atom. The van der Waals surface area contributed by atoms with Crippen LogP contribution >= 0.6 is 0 Å². The number of halogens is 1. The van der Waals surface area contributed by atoms with Gasteiger partial charge in [0.15, 0.2) is 0 Å². The van der Waals surface area contributed by atoms with E-state index in [9.17, 15) is 4.39 Å². The van der Waals surface area contributed by atoms with Crippen molar-refractivity contribution >= 4 is 11.0 Å². The van der Waals surface area contributed by atoms with Gasteiger partial charge in [-0.05, 0) is 43.5 Å². The molecule has 0 bridgehead atoms. The lowest BCUT2D eigenvalue weighted by Gasteiger charge is -2.28. The van der Waals surface area contributed by atoms with Crippen LogP contribution in [0.2, 0.25) is 0 Å². The number of hydrogen-bond donors (Lipinski definition) is 2. The van der Waals surface area contributed by atoms with Crippen molar-refractivity contribution in [1.82, 2.24) is 15.3 Å². The second-order valence-electron chi connectivity index (χ2n) is 5.09. The predicted molar refractivity (Wildman–Crippen MR) is 69.8 cm³/mol. The second-order valence-corrected chi connectivity index (χ2v) is 5.09. The standard InChI is InChI=1S/C14H18FN3/c1-2-9-5-6-16-13(7-9)14-17-11-4-3-10(15)8-12(11)18-14/h3-4,8-9,13,16H,2,5-7H2,1H3,(H,17,18). The van der Waals surface area contributed by atoms with Crippen LogP contribution in [0.1, 0.15) is 38.1 Å². The number of benzene rings is 1. The molecule has 2 unspecified atom stereocenters. The van der Waals surface area contributed by atoms with Crippen molar-refractivity contribution in [2.24, 2.45) is 5.92 Å². The largest absolute Gasteiger partial charge is 0.341 e. The SMILES string of the molecule is CCC1CCNC(c2nc3ccc(F)cc3[nH]2)C1. The fourth-order valence-electron chi connectivity index (χ4n) is 2.74. The number of aromatic amines is 1. The number of fused-ring (bicyclic) bond motifs is 1. The molecule has 1 aliphatic heterocycles. The normalized spacial score (nSPS) is 24.6. The molecular weight excluding hydrogens is 229 g/mol. The van der Waals surface area contributed by atoms with Gasteiger partial charge in [0.1, 0.15) is 11.6 Å². The van der Waals surface area contributed by atoms with E-state index in [1.54, 1.807) is 6.07 Å². The molecule has 2 atom stereocenters. The first kappa shape index (κ1) is 11.7. The molecule has 18 heavy (non-hydrogen) atoms. The summed E-state index contributed by atoms with van der Waals surface area (Å²) in [6.45, 7) is 3.27. The highest BCUT2D eigenvalue weighted by Gasteiger charge is 2.23. The van der Waals surface area contributed by atoms with Crippen LogP contribution in [0.5, 0.6) is 0 Å². The third-order valence-electron chi connectivity index (χ3n) is 3.88. The summed E-state index contributed by atoms with van der Waals surface area (Å²) in [7, 11) is 0. The smallest absolute Gasteiger partial charge is 0.125 e. The van der Waals surface area contributed by atoms with E-state index in [0.29, 0.717) is 0 Å². The molecule has 0 spiro atoms. The summed E-state index contributed by atoms with van der Waals surface area (Å²) in [5.74, 6) is 1.48. The summed E-state index contributed by atoms with van der Waals surface area (Å²) in [5, 5.41) is 3.49. The van der Waals surface area contributed by atoms with Gasteiger partial charge in [0.05, 0.1) is 17.1 Å². The second kappa shape index (κ2) is 4.69. The molecule has 1 fully saturated rings. The third kappa shape index (κ3) is 2.12. The molecule has 0 radical (unpaired) electrons. The molecule has 4 heteroatoms. The Morgan fingerprint density at radius 3 is 3.17 bits per heavy atom. The first-order valence-corrected chi connectivity index (χ1v) is 6.65. The van der Waals surface area contributed by atoms with Crippen molar-refractivity contribution in [2.45, 2.75) is 32.2 Å². The molecule has 1 aromatic carbocycles. The zero-order chi connectivity index (χ0) is 12.5. The molecule has 2 heterocycles. The third-order valence-corrected chi connectivity index (χ3v) is 3.88. The van der Waals surface area contributed by atoms with Crippen LogP contribution in [-0.4, -0.2) is 16.5 Å². The molecule has 0 aliphatic carbocycles. The molecule has 3 rings (SSSR count).